The molecule has 0 amide bonds. The second-order valence-corrected chi connectivity index (χ2v) is 5.43. The van der Waals surface area contributed by atoms with Crippen molar-refractivity contribution in [1.82, 2.24) is 0 Å². The average molecular weight is 232 g/mol. The van der Waals surface area contributed by atoms with Crippen LogP contribution in [-0.4, -0.2) is 11.7 Å². The third kappa shape index (κ3) is 1.85. The summed E-state index contributed by atoms with van der Waals surface area (Å²) in [6.45, 7) is 0.981. The number of benzene rings is 1. The first kappa shape index (κ1) is 11.1. The largest absolute Gasteiger partial charge is 0.493 e. The molecule has 0 aromatic heterocycles. The van der Waals surface area contributed by atoms with E-state index in [1.165, 1.54) is 37.7 Å². The summed E-state index contributed by atoms with van der Waals surface area (Å²) in [5.74, 6) is 1.05. The summed E-state index contributed by atoms with van der Waals surface area (Å²) in [6.07, 6.45) is 7.77. The van der Waals surface area contributed by atoms with Gasteiger partial charge >= 0.3 is 0 Å². The number of hydrogen-bond donors (Lipinski definition) is 1. The molecule has 1 fully saturated rings. The van der Waals surface area contributed by atoms with Gasteiger partial charge in [-0.3, -0.25) is 0 Å². The predicted octanol–water partition coefficient (Wildman–Crippen LogP) is 3.16. The highest BCUT2D eigenvalue weighted by molar-refractivity contribution is 5.44. The summed E-state index contributed by atoms with van der Waals surface area (Å²) < 4.78 is 5.77. The molecule has 1 aromatic rings. The van der Waals surface area contributed by atoms with Crippen LogP contribution in [0.25, 0.3) is 0 Å². The van der Waals surface area contributed by atoms with Crippen LogP contribution >= 0.6 is 0 Å². The van der Waals surface area contributed by atoms with E-state index in [1.807, 2.05) is 12.1 Å². The molecule has 1 saturated carbocycles. The van der Waals surface area contributed by atoms with E-state index >= 15 is 0 Å². The third-order valence-corrected chi connectivity index (χ3v) is 4.45. The Morgan fingerprint density at radius 3 is 2.71 bits per heavy atom. The Morgan fingerprint density at radius 2 is 1.94 bits per heavy atom. The van der Waals surface area contributed by atoms with Gasteiger partial charge in [0.05, 0.1) is 13.2 Å². The van der Waals surface area contributed by atoms with Crippen molar-refractivity contribution < 1.29 is 9.84 Å². The molecule has 1 aliphatic heterocycles. The molecular formula is C15H20O2. The lowest BCUT2D eigenvalue weighted by atomic mass is 9.66. The molecule has 0 unspecified atom stereocenters. The highest BCUT2D eigenvalue weighted by Crippen LogP contribution is 2.48. The van der Waals surface area contributed by atoms with Crippen molar-refractivity contribution in [2.24, 2.45) is 0 Å². The minimum Gasteiger partial charge on any atom is -0.493 e. The van der Waals surface area contributed by atoms with Gasteiger partial charge in [0.1, 0.15) is 5.75 Å². The fourth-order valence-corrected chi connectivity index (χ4v) is 3.45. The number of ether oxygens (including phenoxy) is 1. The summed E-state index contributed by atoms with van der Waals surface area (Å²) in [7, 11) is 0. The first-order valence-corrected chi connectivity index (χ1v) is 6.71. The zero-order valence-electron chi connectivity index (χ0n) is 10.2. The van der Waals surface area contributed by atoms with Gasteiger partial charge in [0.25, 0.3) is 0 Å². The molecule has 3 rings (SSSR count). The topological polar surface area (TPSA) is 29.5 Å². The Kier molecular flexibility index (Phi) is 2.83. The summed E-state index contributed by atoms with van der Waals surface area (Å²) in [6, 6.07) is 6.18. The maximum Gasteiger partial charge on any atom is 0.123 e. The van der Waals surface area contributed by atoms with E-state index in [9.17, 15) is 5.11 Å². The van der Waals surface area contributed by atoms with E-state index < -0.39 is 0 Å². The molecule has 2 nitrogen and oxygen atoms in total. The smallest absolute Gasteiger partial charge is 0.123 e. The SMILES string of the molecule is OCc1ccc2c(c1)C1(CCCCC1)CCO2. The molecule has 1 N–H and O–H groups in total. The third-order valence-electron chi connectivity index (χ3n) is 4.45. The lowest BCUT2D eigenvalue weighted by Gasteiger charge is -2.42. The van der Waals surface area contributed by atoms with Crippen molar-refractivity contribution in [3.63, 3.8) is 0 Å². The first-order chi connectivity index (χ1) is 8.34. The van der Waals surface area contributed by atoms with Crippen LogP contribution in [0.3, 0.4) is 0 Å². The normalized spacial score (nSPS) is 21.9. The molecule has 1 heterocycles. The molecule has 17 heavy (non-hydrogen) atoms. The highest BCUT2D eigenvalue weighted by Gasteiger charge is 2.38. The fraction of sp³-hybridized carbons (Fsp3) is 0.600. The predicted molar refractivity (Wildman–Crippen MR) is 67.2 cm³/mol. The van der Waals surface area contributed by atoms with Crippen molar-refractivity contribution in [3.05, 3.63) is 29.3 Å². The first-order valence-electron chi connectivity index (χ1n) is 6.71. The molecule has 0 saturated heterocycles. The monoisotopic (exact) mass is 232 g/mol. The van der Waals surface area contributed by atoms with Crippen LogP contribution in [0.2, 0.25) is 0 Å². The van der Waals surface area contributed by atoms with Gasteiger partial charge in [-0.1, -0.05) is 25.3 Å². The second kappa shape index (κ2) is 4.34. The summed E-state index contributed by atoms with van der Waals surface area (Å²) >= 11 is 0. The highest BCUT2D eigenvalue weighted by atomic mass is 16.5. The molecule has 0 radical (unpaired) electrons. The van der Waals surface area contributed by atoms with Gasteiger partial charge in [-0.05, 0) is 37.0 Å². The van der Waals surface area contributed by atoms with Gasteiger partial charge in [-0.2, -0.15) is 0 Å². The zero-order valence-corrected chi connectivity index (χ0v) is 10.2. The lowest BCUT2D eigenvalue weighted by molar-refractivity contribution is 0.173. The van der Waals surface area contributed by atoms with E-state index in [2.05, 4.69) is 6.07 Å². The number of aliphatic hydroxyl groups excluding tert-OH is 1. The summed E-state index contributed by atoms with van der Waals surface area (Å²) in [5, 5.41) is 9.29. The van der Waals surface area contributed by atoms with Crippen LogP contribution in [0.5, 0.6) is 5.75 Å². The van der Waals surface area contributed by atoms with Crippen LogP contribution < -0.4 is 4.74 Å². The van der Waals surface area contributed by atoms with E-state index in [1.54, 1.807) is 0 Å². The van der Waals surface area contributed by atoms with Gasteiger partial charge in [-0.25, -0.2) is 0 Å². The van der Waals surface area contributed by atoms with Crippen molar-refractivity contribution in [1.29, 1.82) is 0 Å². The van der Waals surface area contributed by atoms with E-state index in [-0.39, 0.29) is 6.61 Å². The molecule has 0 bridgehead atoms. The maximum absolute atomic E-state index is 9.29. The standard InChI is InChI=1S/C15H20O2/c16-11-12-4-5-14-13(10-12)15(8-9-17-14)6-2-1-3-7-15/h4-5,10,16H,1-3,6-9,11H2. The van der Waals surface area contributed by atoms with Crippen LogP contribution in [0, 0.1) is 0 Å². The second-order valence-electron chi connectivity index (χ2n) is 5.43. The molecule has 1 aliphatic carbocycles. The Hall–Kier alpha value is -1.02. The van der Waals surface area contributed by atoms with Gasteiger partial charge in [0.2, 0.25) is 0 Å². The number of fused-ring (bicyclic) bond motifs is 2. The molecule has 2 heteroatoms. The van der Waals surface area contributed by atoms with E-state index in [0.29, 0.717) is 5.41 Å². The lowest BCUT2D eigenvalue weighted by Crippen LogP contribution is -2.35. The van der Waals surface area contributed by atoms with Crippen LogP contribution in [-0.2, 0) is 12.0 Å². The molecule has 2 aliphatic rings. The van der Waals surface area contributed by atoms with Gasteiger partial charge in [-0.15, -0.1) is 0 Å². The van der Waals surface area contributed by atoms with Crippen molar-refractivity contribution in [3.8, 4) is 5.75 Å². The van der Waals surface area contributed by atoms with E-state index in [0.717, 1.165) is 24.3 Å². The quantitative estimate of drug-likeness (QED) is 0.806. The molecular weight excluding hydrogens is 212 g/mol. The van der Waals surface area contributed by atoms with Crippen molar-refractivity contribution in [2.75, 3.05) is 6.61 Å². The van der Waals surface area contributed by atoms with Crippen LogP contribution in [0.4, 0.5) is 0 Å². The Bertz CT molecular complexity index is 405. The Balaban J connectivity index is 2.04. The van der Waals surface area contributed by atoms with Crippen molar-refractivity contribution >= 4 is 0 Å². The summed E-state index contributed by atoms with van der Waals surface area (Å²) in [5.41, 5.74) is 2.71. The number of hydrogen-bond acceptors (Lipinski definition) is 2. The number of rotatable bonds is 1. The maximum atomic E-state index is 9.29. The van der Waals surface area contributed by atoms with Crippen molar-refractivity contribution in [2.45, 2.75) is 50.5 Å². The number of aliphatic hydroxyl groups is 1. The van der Waals surface area contributed by atoms with Crippen LogP contribution in [0.1, 0.15) is 49.7 Å². The van der Waals surface area contributed by atoms with E-state index in [4.69, 9.17) is 4.74 Å². The Morgan fingerprint density at radius 1 is 1.12 bits per heavy atom. The summed E-state index contributed by atoms with van der Waals surface area (Å²) in [4.78, 5) is 0. The minimum absolute atomic E-state index is 0.128. The van der Waals surface area contributed by atoms with Gasteiger partial charge in [0, 0.05) is 11.0 Å². The fourth-order valence-electron chi connectivity index (χ4n) is 3.45. The Labute approximate surface area is 103 Å². The van der Waals surface area contributed by atoms with Crippen LogP contribution in [0.15, 0.2) is 18.2 Å². The minimum atomic E-state index is 0.128. The molecule has 0 atom stereocenters. The molecule has 1 aromatic carbocycles. The zero-order chi connectivity index (χ0) is 11.7. The van der Waals surface area contributed by atoms with Gasteiger partial charge < -0.3 is 9.84 Å². The molecule has 1 spiro atoms. The molecule has 92 valence electrons. The average Bonchev–Trinajstić information content (AvgIpc) is 2.40. The van der Waals surface area contributed by atoms with Gasteiger partial charge in [0.15, 0.2) is 0 Å².